The Morgan fingerprint density at radius 2 is 1.84 bits per heavy atom. The number of hydrogen-bond donors (Lipinski definition) is 0. The van der Waals surface area contributed by atoms with E-state index in [1.54, 1.807) is 0 Å². The highest BCUT2D eigenvalue weighted by atomic mass is 35.5. The van der Waals surface area contributed by atoms with E-state index in [0.717, 1.165) is 20.3 Å². The number of carbonyl (C=O) groups excluding carboxylic acids is 1. The number of fused-ring (bicyclic) bond motifs is 2. The first-order chi connectivity index (χ1) is 12.0. The minimum absolute atomic E-state index is 0.289. The standard InChI is InChI=1S/C19H15ClN2OS2/c1-10-8-9-14-16(11(10)2)22(3)19(25-14)21-18(23)17-15(20)12-6-4-5-7-13(12)24-17/h4-9H,1-3H3. The Labute approximate surface area is 157 Å². The predicted molar refractivity (Wildman–Crippen MR) is 107 cm³/mol. The Balaban J connectivity index is 1.89. The normalized spacial score (nSPS) is 12.4. The van der Waals surface area contributed by atoms with E-state index in [-0.39, 0.29) is 5.91 Å². The molecule has 0 unspecified atom stereocenters. The molecule has 3 nitrogen and oxygen atoms in total. The van der Waals surface area contributed by atoms with Gasteiger partial charge in [0.1, 0.15) is 4.88 Å². The Kier molecular flexibility index (Phi) is 4.02. The van der Waals surface area contributed by atoms with Crippen molar-refractivity contribution >= 4 is 60.5 Å². The van der Waals surface area contributed by atoms with Crippen molar-refractivity contribution in [3.05, 3.63) is 62.2 Å². The molecule has 0 atom stereocenters. The molecule has 0 bridgehead atoms. The summed E-state index contributed by atoms with van der Waals surface area (Å²) in [7, 11) is 1.95. The van der Waals surface area contributed by atoms with Crippen LogP contribution in [0.3, 0.4) is 0 Å². The summed E-state index contributed by atoms with van der Waals surface area (Å²) < 4.78 is 4.11. The summed E-state index contributed by atoms with van der Waals surface area (Å²) in [6, 6.07) is 11.9. The maximum Gasteiger partial charge on any atom is 0.291 e. The molecule has 0 spiro atoms. The van der Waals surface area contributed by atoms with Crippen LogP contribution in [0.15, 0.2) is 41.4 Å². The highest BCUT2D eigenvalue weighted by Gasteiger charge is 2.17. The lowest BCUT2D eigenvalue weighted by atomic mass is 10.1. The molecule has 0 fully saturated rings. The fraction of sp³-hybridized carbons (Fsp3) is 0.158. The van der Waals surface area contributed by atoms with Crippen molar-refractivity contribution in [1.29, 1.82) is 0 Å². The van der Waals surface area contributed by atoms with E-state index < -0.39 is 0 Å². The van der Waals surface area contributed by atoms with Gasteiger partial charge < -0.3 is 4.57 Å². The molecule has 2 heterocycles. The minimum atomic E-state index is -0.289. The summed E-state index contributed by atoms with van der Waals surface area (Å²) in [6.45, 7) is 4.18. The molecule has 1 amide bonds. The molecule has 126 valence electrons. The van der Waals surface area contributed by atoms with Gasteiger partial charge in [0.25, 0.3) is 5.91 Å². The number of hydrogen-bond acceptors (Lipinski definition) is 3. The van der Waals surface area contributed by atoms with Crippen molar-refractivity contribution in [1.82, 2.24) is 4.57 Å². The van der Waals surface area contributed by atoms with Crippen LogP contribution in [0.4, 0.5) is 0 Å². The monoisotopic (exact) mass is 386 g/mol. The lowest BCUT2D eigenvalue weighted by Crippen LogP contribution is -2.13. The smallest absolute Gasteiger partial charge is 0.291 e. The highest BCUT2D eigenvalue weighted by molar-refractivity contribution is 7.21. The number of rotatable bonds is 1. The first-order valence-electron chi connectivity index (χ1n) is 7.79. The molecule has 2 aromatic carbocycles. The van der Waals surface area contributed by atoms with E-state index in [9.17, 15) is 4.79 Å². The maximum atomic E-state index is 12.7. The third kappa shape index (κ3) is 2.63. The molecule has 4 aromatic rings. The SMILES string of the molecule is Cc1ccc2sc(=NC(=O)c3sc4ccccc4c3Cl)n(C)c2c1C. The Bertz CT molecular complexity index is 1210. The van der Waals surface area contributed by atoms with Gasteiger partial charge in [0.2, 0.25) is 0 Å². The zero-order valence-electron chi connectivity index (χ0n) is 14.0. The van der Waals surface area contributed by atoms with Crippen LogP contribution in [0.1, 0.15) is 20.8 Å². The maximum absolute atomic E-state index is 12.7. The van der Waals surface area contributed by atoms with Crippen LogP contribution in [0.25, 0.3) is 20.3 Å². The van der Waals surface area contributed by atoms with Gasteiger partial charge in [-0.15, -0.1) is 11.3 Å². The largest absolute Gasteiger partial charge is 0.319 e. The second-order valence-electron chi connectivity index (χ2n) is 5.96. The van der Waals surface area contributed by atoms with Crippen molar-refractivity contribution in [2.45, 2.75) is 13.8 Å². The molecular formula is C19H15ClN2OS2. The number of halogens is 1. The highest BCUT2D eigenvalue weighted by Crippen LogP contribution is 2.35. The van der Waals surface area contributed by atoms with Gasteiger partial charge >= 0.3 is 0 Å². The predicted octanol–water partition coefficient (Wildman–Crippen LogP) is 5.47. The number of benzene rings is 2. The van der Waals surface area contributed by atoms with Gasteiger partial charge in [-0.25, -0.2) is 0 Å². The van der Waals surface area contributed by atoms with Gasteiger partial charge in [0, 0.05) is 17.1 Å². The van der Waals surface area contributed by atoms with Gasteiger partial charge in [-0.3, -0.25) is 4.79 Å². The topological polar surface area (TPSA) is 34.4 Å². The van der Waals surface area contributed by atoms with E-state index >= 15 is 0 Å². The molecule has 0 radical (unpaired) electrons. The van der Waals surface area contributed by atoms with Crippen molar-refractivity contribution in [2.24, 2.45) is 12.0 Å². The van der Waals surface area contributed by atoms with Gasteiger partial charge in [-0.05, 0) is 37.1 Å². The number of aryl methyl sites for hydroxylation is 3. The molecule has 0 saturated heterocycles. The van der Waals surface area contributed by atoms with Crippen LogP contribution in [0, 0.1) is 13.8 Å². The van der Waals surface area contributed by atoms with E-state index in [4.69, 9.17) is 11.6 Å². The summed E-state index contributed by atoms with van der Waals surface area (Å²) in [5.41, 5.74) is 3.57. The number of nitrogens with zero attached hydrogens (tertiary/aromatic N) is 2. The third-order valence-electron chi connectivity index (χ3n) is 4.41. The summed E-state index contributed by atoms with van der Waals surface area (Å²) in [4.78, 5) is 18.3. The van der Waals surface area contributed by atoms with E-state index in [0.29, 0.717) is 14.7 Å². The van der Waals surface area contributed by atoms with Crippen molar-refractivity contribution in [2.75, 3.05) is 0 Å². The quantitative estimate of drug-likeness (QED) is 0.427. The molecule has 25 heavy (non-hydrogen) atoms. The third-order valence-corrected chi connectivity index (χ3v) is 7.18. The second kappa shape index (κ2) is 6.09. The number of thiazole rings is 1. The summed E-state index contributed by atoms with van der Waals surface area (Å²) in [6.07, 6.45) is 0. The molecule has 0 N–H and O–H groups in total. The average molecular weight is 387 g/mol. The Morgan fingerprint density at radius 1 is 1.08 bits per heavy atom. The summed E-state index contributed by atoms with van der Waals surface area (Å²) in [5.74, 6) is -0.289. The van der Waals surface area contributed by atoms with Crippen LogP contribution in [0.5, 0.6) is 0 Å². The first kappa shape index (κ1) is 16.5. The zero-order valence-corrected chi connectivity index (χ0v) is 16.4. The zero-order chi connectivity index (χ0) is 17.7. The van der Waals surface area contributed by atoms with Gasteiger partial charge in [0.15, 0.2) is 4.80 Å². The van der Waals surface area contributed by atoms with Crippen LogP contribution in [0.2, 0.25) is 5.02 Å². The fourth-order valence-electron chi connectivity index (χ4n) is 2.92. The van der Waals surface area contributed by atoms with Crippen molar-refractivity contribution in [3.8, 4) is 0 Å². The Morgan fingerprint density at radius 3 is 2.60 bits per heavy atom. The molecule has 0 aliphatic heterocycles. The average Bonchev–Trinajstić information content (AvgIpc) is 3.10. The number of amides is 1. The molecule has 0 aliphatic carbocycles. The van der Waals surface area contributed by atoms with Gasteiger partial charge in [-0.1, -0.05) is 47.2 Å². The fourth-order valence-corrected chi connectivity index (χ4v) is 5.40. The number of aromatic nitrogens is 1. The summed E-state index contributed by atoms with van der Waals surface area (Å²) >= 11 is 9.32. The first-order valence-corrected chi connectivity index (χ1v) is 9.80. The van der Waals surface area contributed by atoms with E-state index in [1.165, 1.54) is 33.8 Å². The van der Waals surface area contributed by atoms with Crippen LogP contribution >= 0.6 is 34.3 Å². The van der Waals surface area contributed by atoms with Crippen LogP contribution in [-0.4, -0.2) is 10.5 Å². The van der Waals surface area contributed by atoms with Gasteiger partial charge in [-0.2, -0.15) is 4.99 Å². The number of carbonyl (C=O) groups is 1. The minimum Gasteiger partial charge on any atom is -0.319 e. The lowest BCUT2D eigenvalue weighted by molar-refractivity contribution is 0.100. The molecule has 6 heteroatoms. The molecule has 2 aromatic heterocycles. The molecule has 0 saturated carbocycles. The van der Waals surface area contributed by atoms with Gasteiger partial charge in [0.05, 0.1) is 15.2 Å². The van der Waals surface area contributed by atoms with Crippen LogP contribution < -0.4 is 4.80 Å². The van der Waals surface area contributed by atoms with E-state index in [2.05, 4.69) is 31.0 Å². The van der Waals surface area contributed by atoms with E-state index in [1.807, 2.05) is 35.9 Å². The molecule has 4 rings (SSSR count). The van der Waals surface area contributed by atoms with Crippen LogP contribution in [-0.2, 0) is 7.05 Å². The van der Waals surface area contributed by atoms with Crippen molar-refractivity contribution < 1.29 is 4.79 Å². The number of thiophene rings is 1. The van der Waals surface area contributed by atoms with Crippen molar-refractivity contribution in [3.63, 3.8) is 0 Å². The molecular weight excluding hydrogens is 372 g/mol. The molecule has 0 aliphatic rings. The Hall–Kier alpha value is -1.95. The lowest BCUT2D eigenvalue weighted by Gasteiger charge is -2.03. The second-order valence-corrected chi connectivity index (χ2v) is 8.40. The summed E-state index contributed by atoms with van der Waals surface area (Å²) in [5, 5.41) is 1.39.